The fourth-order valence-corrected chi connectivity index (χ4v) is 4.56. The number of amides is 1. The van der Waals surface area contributed by atoms with E-state index in [0.29, 0.717) is 11.7 Å². The number of nitrogens with one attached hydrogen (secondary N) is 1. The van der Waals surface area contributed by atoms with Gasteiger partial charge in [-0.15, -0.1) is 21.5 Å². The lowest BCUT2D eigenvalue weighted by Gasteiger charge is -2.15. The van der Waals surface area contributed by atoms with Crippen molar-refractivity contribution in [3.8, 4) is 0 Å². The van der Waals surface area contributed by atoms with Crippen molar-refractivity contribution < 1.29 is 4.79 Å². The molecule has 1 amide bonds. The molecule has 0 aliphatic carbocycles. The van der Waals surface area contributed by atoms with Crippen LogP contribution < -0.4 is 5.32 Å². The SMILES string of the molecule is CC(C)Cc1ccc(C(C)NC(=O)CSc2nncn2CCc2cccs2)cc1. The average Bonchev–Trinajstić information content (AvgIpc) is 3.36. The highest BCUT2D eigenvalue weighted by atomic mass is 32.2. The standard InChI is InChI=1S/C22H28N4OS2/c1-16(2)13-18-6-8-19(9-7-18)17(3)24-21(27)14-29-22-25-23-15-26(22)11-10-20-5-4-12-28-20/h4-9,12,15-17H,10-11,13-14H2,1-3H3,(H,24,27). The number of carbonyl (C=O) groups is 1. The second-order valence-corrected chi connectivity index (χ2v) is 9.53. The lowest BCUT2D eigenvalue weighted by molar-refractivity contribution is -0.119. The third kappa shape index (κ3) is 6.72. The Kier molecular flexibility index (Phi) is 7.89. The maximum atomic E-state index is 12.4. The van der Waals surface area contributed by atoms with Crippen molar-refractivity contribution in [2.45, 2.75) is 51.4 Å². The largest absolute Gasteiger partial charge is 0.349 e. The number of carbonyl (C=O) groups excluding carboxylic acids is 1. The fourth-order valence-electron chi connectivity index (χ4n) is 3.11. The van der Waals surface area contributed by atoms with Crippen LogP contribution in [0.5, 0.6) is 0 Å². The van der Waals surface area contributed by atoms with Gasteiger partial charge >= 0.3 is 0 Å². The maximum absolute atomic E-state index is 12.4. The zero-order valence-corrected chi connectivity index (χ0v) is 18.8. The van der Waals surface area contributed by atoms with Crippen molar-refractivity contribution in [3.63, 3.8) is 0 Å². The van der Waals surface area contributed by atoms with Gasteiger partial charge in [-0.3, -0.25) is 4.79 Å². The number of thioether (sulfide) groups is 1. The summed E-state index contributed by atoms with van der Waals surface area (Å²) in [6, 6.07) is 12.7. The van der Waals surface area contributed by atoms with Crippen LogP contribution in [0.3, 0.4) is 0 Å². The van der Waals surface area contributed by atoms with Crippen LogP contribution in [-0.2, 0) is 24.2 Å². The van der Waals surface area contributed by atoms with E-state index in [1.807, 2.05) is 11.5 Å². The van der Waals surface area contributed by atoms with Crippen molar-refractivity contribution >= 4 is 29.0 Å². The monoisotopic (exact) mass is 428 g/mol. The molecule has 0 fully saturated rings. The van der Waals surface area contributed by atoms with E-state index >= 15 is 0 Å². The molecule has 2 heterocycles. The molecule has 0 aliphatic heterocycles. The Morgan fingerprint density at radius 2 is 2.00 bits per heavy atom. The molecule has 1 atom stereocenters. The van der Waals surface area contributed by atoms with Gasteiger partial charge in [0.2, 0.25) is 5.91 Å². The minimum absolute atomic E-state index is 0.00145. The Morgan fingerprint density at radius 3 is 2.69 bits per heavy atom. The van der Waals surface area contributed by atoms with Crippen LogP contribution in [0.2, 0.25) is 0 Å². The van der Waals surface area contributed by atoms with Crippen LogP contribution in [0.25, 0.3) is 0 Å². The predicted octanol–water partition coefficient (Wildman–Crippen LogP) is 4.75. The van der Waals surface area contributed by atoms with E-state index in [0.717, 1.165) is 30.1 Å². The van der Waals surface area contributed by atoms with E-state index in [2.05, 4.69) is 71.1 Å². The van der Waals surface area contributed by atoms with Crippen molar-refractivity contribution in [1.29, 1.82) is 0 Å². The Bertz CT molecular complexity index is 888. The van der Waals surface area contributed by atoms with Gasteiger partial charge in [0.05, 0.1) is 11.8 Å². The Balaban J connectivity index is 1.46. The summed E-state index contributed by atoms with van der Waals surface area (Å²) < 4.78 is 2.01. The van der Waals surface area contributed by atoms with Gasteiger partial charge in [0.25, 0.3) is 0 Å². The quantitative estimate of drug-likeness (QED) is 0.474. The summed E-state index contributed by atoms with van der Waals surface area (Å²) in [6.45, 7) is 7.27. The van der Waals surface area contributed by atoms with E-state index in [4.69, 9.17) is 0 Å². The lowest BCUT2D eigenvalue weighted by Crippen LogP contribution is -2.28. The zero-order chi connectivity index (χ0) is 20.6. The van der Waals surface area contributed by atoms with Gasteiger partial charge in [-0.05, 0) is 48.3 Å². The molecule has 1 unspecified atom stereocenters. The molecule has 0 aliphatic rings. The van der Waals surface area contributed by atoms with Gasteiger partial charge in [-0.1, -0.05) is 55.9 Å². The average molecular weight is 429 g/mol. The maximum Gasteiger partial charge on any atom is 0.230 e. The number of hydrogen-bond donors (Lipinski definition) is 1. The van der Waals surface area contributed by atoms with Crippen molar-refractivity contribution in [3.05, 3.63) is 64.1 Å². The van der Waals surface area contributed by atoms with Gasteiger partial charge in [0.15, 0.2) is 5.16 Å². The molecule has 2 aromatic heterocycles. The zero-order valence-electron chi connectivity index (χ0n) is 17.2. The van der Waals surface area contributed by atoms with Crippen LogP contribution in [0.1, 0.15) is 42.8 Å². The minimum Gasteiger partial charge on any atom is -0.349 e. The molecular weight excluding hydrogens is 400 g/mol. The molecule has 1 N–H and O–H groups in total. The Labute approximate surface area is 180 Å². The third-order valence-corrected chi connectivity index (χ3v) is 6.51. The van der Waals surface area contributed by atoms with Crippen LogP contribution in [-0.4, -0.2) is 26.4 Å². The van der Waals surface area contributed by atoms with E-state index in [1.165, 1.54) is 22.2 Å². The van der Waals surface area contributed by atoms with Crippen molar-refractivity contribution in [1.82, 2.24) is 20.1 Å². The van der Waals surface area contributed by atoms with E-state index in [-0.39, 0.29) is 11.9 Å². The molecule has 3 rings (SSSR count). The van der Waals surface area contributed by atoms with Crippen LogP contribution >= 0.6 is 23.1 Å². The normalized spacial score (nSPS) is 12.3. The molecule has 154 valence electrons. The lowest BCUT2D eigenvalue weighted by atomic mass is 10.00. The Morgan fingerprint density at radius 1 is 1.21 bits per heavy atom. The summed E-state index contributed by atoms with van der Waals surface area (Å²) in [6.07, 6.45) is 3.75. The third-order valence-electron chi connectivity index (χ3n) is 4.59. The number of benzene rings is 1. The van der Waals surface area contributed by atoms with Gasteiger partial charge in [-0.2, -0.15) is 0 Å². The summed E-state index contributed by atoms with van der Waals surface area (Å²) in [7, 11) is 0. The van der Waals surface area contributed by atoms with Crippen LogP contribution in [0.4, 0.5) is 0 Å². The summed E-state index contributed by atoms with van der Waals surface area (Å²) in [5.74, 6) is 0.969. The van der Waals surface area contributed by atoms with Gasteiger partial charge < -0.3 is 9.88 Å². The summed E-state index contributed by atoms with van der Waals surface area (Å²) in [4.78, 5) is 13.7. The highest BCUT2D eigenvalue weighted by molar-refractivity contribution is 7.99. The fraction of sp³-hybridized carbons (Fsp3) is 0.409. The first-order valence-electron chi connectivity index (χ1n) is 9.92. The van der Waals surface area contributed by atoms with E-state index in [1.54, 1.807) is 17.7 Å². The molecule has 1 aromatic carbocycles. The molecular formula is C22H28N4OS2. The van der Waals surface area contributed by atoms with E-state index in [9.17, 15) is 4.79 Å². The topological polar surface area (TPSA) is 59.8 Å². The molecule has 0 radical (unpaired) electrons. The first-order chi connectivity index (χ1) is 14.0. The molecule has 29 heavy (non-hydrogen) atoms. The molecule has 0 spiro atoms. The molecule has 0 saturated heterocycles. The molecule has 3 aromatic rings. The second kappa shape index (κ2) is 10.6. The number of thiophene rings is 1. The Hall–Kier alpha value is -2.12. The smallest absolute Gasteiger partial charge is 0.230 e. The van der Waals surface area contributed by atoms with Gasteiger partial charge in [0, 0.05) is 11.4 Å². The highest BCUT2D eigenvalue weighted by Crippen LogP contribution is 2.19. The summed E-state index contributed by atoms with van der Waals surface area (Å²) >= 11 is 3.18. The number of aromatic nitrogens is 3. The predicted molar refractivity (Wildman–Crippen MR) is 120 cm³/mol. The number of nitrogens with zero attached hydrogens (tertiary/aromatic N) is 3. The van der Waals surface area contributed by atoms with E-state index < -0.39 is 0 Å². The first kappa shape index (κ1) is 21.6. The van der Waals surface area contributed by atoms with Gasteiger partial charge in [0.1, 0.15) is 6.33 Å². The second-order valence-electron chi connectivity index (χ2n) is 7.55. The first-order valence-corrected chi connectivity index (χ1v) is 11.8. The highest BCUT2D eigenvalue weighted by Gasteiger charge is 2.13. The number of aryl methyl sites for hydroxylation is 2. The minimum atomic E-state index is -0.0205. The number of hydrogen-bond acceptors (Lipinski definition) is 5. The summed E-state index contributed by atoms with van der Waals surface area (Å²) in [5, 5.41) is 14.1. The molecule has 0 saturated carbocycles. The molecule has 7 heteroatoms. The van der Waals surface area contributed by atoms with Crippen LogP contribution in [0, 0.1) is 5.92 Å². The van der Waals surface area contributed by atoms with Crippen molar-refractivity contribution in [2.24, 2.45) is 5.92 Å². The molecule has 0 bridgehead atoms. The number of rotatable bonds is 10. The van der Waals surface area contributed by atoms with Gasteiger partial charge in [-0.25, -0.2) is 0 Å². The summed E-state index contributed by atoms with van der Waals surface area (Å²) in [5.41, 5.74) is 2.45. The van der Waals surface area contributed by atoms with Crippen LogP contribution in [0.15, 0.2) is 53.3 Å². The van der Waals surface area contributed by atoms with Crippen molar-refractivity contribution in [2.75, 3.05) is 5.75 Å². The molecule has 5 nitrogen and oxygen atoms in total.